The number of aliphatic imine (C=N–C) groups is 1. The minimum absolute atomic E-state index is 0. The maximum Gasteiger partial charge on any atom is 0.191 e. The number of aliphatic hydroxyl groups is 1. The van der Waals surface area contributed by atoms with Crippen LogP contribution >= 0.6 is 24.0 Å². The molecule has 0 radical (unpaired) electrons. The molecule has 2 aromatic carbocycles. The van der Waals surface area contributed by atoms with Gasteiger partial charge in [0.05, 0.1) is 12.7 Å². The fraction of sp³-hybridized carbons (Fsp3) is 0.500. The van der Waals surface area contributed by atoms with E-state index in [0.29, 0.717) is 12.6 Å². The van der Waals surface area contributed by atoms with E-state index in [-0.39, 0.29) is 36.5 Å². The molecular weight excluding hydrogens is 527 g/mol. The van der Waals surface area contributed by atoms with E-state index in [1.165, 1.54) is 5.56 Å². The highest BCUT2D eigenvalue weighted by atomic mass is 127. The number of guanidine groups is 1. The lowest BCUT2D eigenvalue weighted by atomic mass is 10.0. The van der Waals surface area contributed by atoms with Crippen LogP contribution < -0.4 is 10.6 Å². The Labute approximate surface area is 215 Å². The Morgan fingerprint density at radius 3 is 2.36 bits per heavy atom. The molecule has 0 saturated carbocycles. The molecule has 0 bridgehead atoms. The number of likely N-dealkylation sites (tertiary alicyclic amines) is 1. The van der Waals surface area contributed by atoms with Crippen LogP contribution in [0.5, 0.6) is 0 Å². The minimum atomic E-state index is 0. The number of halogens is 1. The molecule has 0 aliphatic carbocycles. The summed E-state index contributed by atoms with van der Waals surface area (Å²) in [5.74, 6) is 0.805. The number of benzene rings is 2. The number of hydrogen-bond acceptors (Lipinski definition) is 4. The zero-order valence-corrected chi connectivity index (χ0v) is 22.0. The molecule has 1 heterocycles. The number of hydrogen-bond donors (Lipinski definition) is 3. The van der Waals surface area contributed by atoms with Crippen LogP contribution in [0, 0.1) is 0 Å². The number of piperidine rings is 1. The Morgan fingerprint density at radius 2 is 1.73 bits per heavy atom. The maximum atomic E-state index is 9.71. The van der Waals surface area contributed by atoms with Crippen molar-refractivity contribution in [1.29, 1.82) is 0 Å². The first-order valence-electron chi connectivity index (χ1n) is 11.8. The summed E-state index contributed by atoms with van der Waals surface area (Å²) in [6.45, 7) is 5.54. The van der Waals surface area contributed by atoms with Crippen molar-refractivity contribution in [2.45, 2.75) is 37.8 Å². The fourth-order valence-corrected chi connectivity index (χ4v) is 4.06. The van der Waals surface area contributed by atoms with Crippen molar-refractivity contribution in [3.05, 3.63) is 71.8 Å². The van der Waals surface area contributed by atoms with E-state index in [1.807, 2.05) is 30.3 Å². The third kappa shape index (κ3) is 10.00. The van der Waals surface area contributed by atoms with Gasteiger partial charge in [-0.25, -0.2) is 0 Å². The lowest BCUT2D eigenvalue weighted by molar-refractivity contribution is 0.00534. The van der Waals surface area contributed by atoms with Gasteiger partial charge in [0, 0.05) is 52.3 Å². The summed E-state index contributed by atoms with van der Waals surface area (Å²) in [6.07, 6.45) is 3.51. The molecule has 0 aromatic heterocycles. The molecule has 33 heavy (non-hydrogen) atoms. The molecule has 1 unspecified atom stereocenters. The van der Waals surface area contributed by atoms with Crippen molar-refractivity contribution < 1.29 is 9.84 Å². The summed E-state index contributed by atoms with van der Waals surface area (Å²) < 4.78 is 6.11. The number of ether oxygens (including phenoxy) is 1. The Bertz CT molecular complexity index is 783. The Hall–Kier alpha value is -1.68. The van der Waals surface area contributed by atoms with Gasteiger partial charge in [0.25, 0.3) is 0 Å². The molecular formula is C26H39IN4O2. The van der Waals surface area contributed by atoms with Gasteiger partial charge in [-0.2, -0.15) is 0 Å². The minimum Gasteiger partial charge on any atom is -0.396 e. The van der Waals surface area contributed by atoms with E-state index >= 15 is 0 Å². The van der Waals surface area contributed by atoms with Gasteiger partial charge in [0.15, 0.2) is 5.96 Å². The smallest absolute Gasteiger partial charge is 0.191 e. The summed E-state index contributed by atoms with van der Waals surface area (Å²) in [5.41, 5.74) is 2.51. The second kappa shape index (κ2) is 16.0. The van der Waals surface area contributed by atoms with Gasteiger partial charge in [0.2, 0.25) is 0 Å². The summed E-state index contributed by atoms with van der Waals surface area (Å²) in [7, 11) is 1.77. The van der Waals surface area contributed by atoms with Crippen LogP contribution in [0.1, 0.15) is 36.3 Å². The predicted molar refractivity (Wildman–Crippen MR) is 146 cm³/mol. The molecule has 182 valence electrons. The van der Waals surface area contributed by atoms with Crippen molar-refractivity contribution in [2.75, 3.05) is 46.4 Å². The van der Waals surface area contributed by atoms with Gasteiger partial charge in [-0.15, -0.1) is 24.0 Å². The molecule has 1 atom stereocenters. The van der Waals surface area contributed by atoms with Gasteiger partial charge in [-0.05, 0) is 30.4 Å². The van der Waals surface area contributed by atoms with Crippen LogP contribution in [-0.4, -0.2) is 68.5 Å². The highest BCUT2D eigenvalue weighted by Gasteiger charge is 2.19. The van der Waals surface area contributed by atoms with Gasteiger partial charge >= 0.3 is 0 Å². The predicted octanol–water partition coefficient (Wildman–Crippen LogP) is 3.62. The average Bonchev–Trinajstić information content (AvgIpc) is 2.85. The van der Waals surface area contributed by atoms with Gasteiger partial charge in [0.1, 0.15) is 0 Å². The van der Waals surface area contributed by atoms with Crippen molar-refractivity contribution in [1.82, 2.24) is 15.5 Å². The molecule has 0 spiro atoms. The second-order valence-electron chi connectivity index (χ2n) is 8.36. The monoisotopic (exact) mass is 566 g/mol. The van der Waals surface area contributed by atoms with Crippen molar-refractivity contribution in [3.63, 3.8) is 0 Å². The molecule has 3 rings (SSSR count). The zero-order chi connectivity index (χ0) is 22.4. The SMILES string of the molecule is CN=C(NCCCOC1CCN(Cc2ccccc2)CC1)NCC(CO)c1ccccc1.I. The van der Waals surface area contributed by atoms with Crippen LogP contribution in [0.3, 0.4) is 0 Å². The largest absolute Gasteiger partial charge is 0.396 e. The van der Waals surface area contributed by atoms with Crippen LogP contribution in [0.2, 0.25) is 0 Å². The highest BCUT2D eigenvalue weighted by Crippen LogP contribution is 2.16. The fourth-order valence-electron chi connectivity index (χ4n) is 4.06. The van der Waals surface area contributed by atoms with Crippen molar-refractivity contribution in [2.24, 2.45) is 4.99 Å². The van der Waals surface area contributed by atoms with E-state index in [0.717, 1.165) is 63.6 Å². The summed E-state index contributed by atoms with van der Waals surface area (Å²) in [5, 5.41) is 16.4. The van der Waals surface area contributed by atoms with Gasteiger partial charge in [-0.1, -0.05) is 60.7 Å². The topological polar surface area (TPSA) is 69.1 Å². The zero-order valence-electron chi connectivity index (χ0n) is 19.7. The third-order valence-electron chi connectivity index (χ3n) is 5.98. The molecule has 1 fully saturated rings. The first-order valence-corrected chi connectivity index (χ1v) is 11.8. The Balaban J connectivity index is 0.00000385. The normalized spacial score (nSPS) is 16.1. The second-order valence-corrected chi connectivity index (χ2v) is 8.36. The molecule has 1 saturated heterocycles. The highest BCUT2D eigenvalue weighted by molar-refractivity contribution is 14.0. The molecule has 6 nitrogen and oxygen atoms in total. The van der Waals surface area contributed by atoms with Crippen LogP contribution in [-0.2, 0) is 11.3 Å². The molecule has 3 N–H and O–H groups in total. The van der Waals surface area contributed by atoms with E-state index in [9.17, 15) is 5.11 Å². The van der Waals surface area contributed by atoms with Crippen LogP contribution in [0.4, 0.5) is 0 Å². The quantitative estimate of drug-likeness (QED) is 0.168. The number of rotatable bonds is 11. The molecule has 2 aromatic rings. The molecule has 0 amide bonds. The van der Waals surface area contributed by atoms with Crippen LogP contribution in [0.15, 0.2) is 65.7 Å². The lowest BCUT2D eigenvalue weighted by Gasteiger charge is -2.32. The molecule has 7 heteroatoms. The molecule has 1 aliphatic rings. The Kier molecular flexibility index (Phi) is 13.4. The first kappa shape index (κ1) is 27.6. The number of aliphatic hydroxyl groups excluding tert-OH is 1. The summed E-state index contributed by atoms with van der Waals surface area (Å²) >= 11 is 0. The van der Waals surface area contributed by atoms with Gasteiger partial charge < -0.3 is 20.5 Å². The lowest BCUT2D eigenvalue weighted by Crippen LogP contribution is -2.40. The van der Waals surface area contributed by atoms with E-state index in [2.05, 4.69) is 50.9 Å². The standard InChI is InChI=1S/C26H38N4O2.HI/c1-27-26(29-19-24(21-31)23-11-6-3-7-12-23)28-15-8-18-32-25-13-16-30(17-14-25)20-22-9-4-2-5-10-22;/h2-7,9-12,24-25,31H,8,13-21H2,1H3,(H2,27,28,29);1H. The van der Waals surface area contributed by atoms with Gasteiger partial charge in [-0.3, -0.25) is 9.89 Å². The average molecular weight is 567 g/mol. The number of nitrogens with one attached hydrogen (secondary N) is 2. The van der Waals surface area contributed by atoms with Crippen molar-refractivity contribution >= 4 is 29.9 Å². The number of nitrogens with zero attached hydrogens (tertiary/aromatic N) is 2. The van der Waals surface area contributed by atoms with E-state index in [4.69, 9.17) is 4.74 Å². The maximum absolute atomic E-state index is 9.71. The summed E-state index contributed by atoms with van der Waals surface area (Å²) in [6, 6.07) is 20.8. The molecule has 1 aliphatic heterocycles. The van der Waals surface area contributed by atoms with Crippen LogP contribution in [0.25, 0.3) is 0 Å². The van der Waals surface area contributed by atoms with E-state index in [1.54, 1.807) is 7.05 Å². The Morgan fingerprint density at radius 1 is 1.06 bits per heavy atom. The first-order chi connectivity index (χ1) is 15.8. The van der Waals surface area contributed by atoms with Crippen molar-refractivity contribution in [3.8, 4) is 0 Å². The summed E-state index contributed by atoms with van der Waals surface area (Å²) in [4.78, 5) is 6.80. The van der Waals surface area contributed by atoms with E-state index < -0.39 is 0 Å². The third-order valence-corrected chi connectivity index (χ3v) is 5.98.